The lowest BCUT2D eigenvalue weighted by Gasteiger charge is -2.18. The van der Waals surface area contributed by atoms with Crippen molar-refractivity contribution in [3.8, 4) is 0 Å². The summed E-state index contributed by atoms with van der Waals surface area (Å²) in [5.41, 5.74) is 6.12. The number of rotatable bonds is 6. The Morgan fingerprint density at radius 2 is 1.80 bits per heavy atom. The molecule has 1 aliphatic rings. The molecule has 9 heteroatoms. The van der Waals surface area contributed by atoms with Crippen LogP contribution < -0.4 is 10.8 Å². The molecule has 0 saturated carbocycles. The second-order valence-corrected chi connectivity index (χ2v) is 9.10. The number of fused-ring (bicyclic) bond motifs is 1. The first kappa shape index (κ1) is 24.2. The molecule has 3 amide bonds. The van der Waals surface area contributed by atoms with Gasteiger partial charge in [-0.3, -0.25) is 19.8 Å². The van der Waals surface area contributed by atoms with Crippen LogP contribution in [0.25, 0.3) is 10.9 Å². The van der Waals surface area contributed by atoms with Crippen LogP contribution in [0.2, 0.25) is 0 Å². The zero-order valence-electron chi connectivity index (χ0n) is 19.6. The van der Waals surface area contributed by atoms with Gasteiger partial charge < -0.3 is 15.3 Å². The fourth-order valence-corrected chi connectivity index (χ4v) is 4.41. The van der Waals surface area contributed by atoms with Gasteiger partial charge >= 0.3 is 6.09 Å². The molecule has 9 nitrogen and oxygen atoms in total. The number of nitrogens with zero attached hydrogens (tertiary/aromatic N) is 2. The van der Waals surface area contributed by atoms with Crippen molar-refractivity contribution in [2.24, 2.45) is 5.92 Å². The Labute approximate surface area is 202 Å². The molecule has 35 heavy (non-hydrogen) atoms. The molecular formula is C26H28N4O5. The van der Waals surface area contributed by atoms with Crippen LogP contribution in [0, 0.1) is 5.92 Å². The molecule has 2 heterocycles. The molecule has 1 saturated heterocycles. The van der Waals surface area contributed by atoms with Gasteiger partial charge in [-0.05, 0) is 47.7 Å². The fraction of sp³-hybridized carbons (Fsp3) is 0.308. The van der Waals surface area contributed by atoms with Gasteiger partial charge in [0.2, 0.25) is 5.91 Å². The van der Waals surface area contributed by atoms with Crippen LogP contribution in [-0.2, 0) is 11.2 Å². The Morgan fingerprint density at radius 3 is 2.46 bits per heavy atom. The summed E-state index contributed by atoms with van der Waals surface area (Å²) in [7, 11) is 0. The van der Waals surface area contributed by atoms with Gasteiger partial charge in [0.15, 0.2) is 0 Å². The smallest absolute Gasteiger partial charge is 0.407 e. The van der Waals surface area contributed by atoms with E-state index in [1.807, 2.05) is 30.3 Å². The van der Waals surface area contributed by atoms with Gasteiger partial charge in [0.05, 0.1) is 17.5 Å². The van der Waals surface area contributed by atoms with E-state index < -0.39 is 29.9 Å². The van der Waals surface area contributed by atoms with E-state index in [2.05, 4.69) is 31.3 Å². The highest BCUT2D eigenvalue weighted by Gasteiger charge is 2.40. The summed E-state index contributed by atoms with van der Waals surface area (Å²) in [5, 5.41) is 22.0. The number of aromatic nitrogens is 1. The van der Waals surface area contributed by atoms with Crippen LogP contribution in [-0.4, -0.2) is 57.2 Å². The third-order valence-corrected chi connectivity index (χ3v) is 6.38. The summed E-state index contributed by atoms with van der Waals surface area (Å²) in [6, 6.07) is 16.6. The van der Waals surface area contributed by atoms with E-state index >= 15 is 0 Å². The second-order valence-electron chi connectivity index (χ2n) is 9.10. The monoisotopic (exact) mass is 476 g/mol. The molecule has 3 aromatic rings. The van der Waals surface area contributed by atoms with Gasteiger partial charge in [-0.2, -0.15) is 0 Å². The van der Waals surface area contributed by atoms with Crippen LogP contribution in [0.15, 0.2) is 54.6 Å². The Bertz CT molecular complexity index is 1260. The zero-order chi connectivity index (χ0) is 25.1. The number of carboxylic acid groups (broad SMARTS) is 1. The molecule has 0 spiro atoms. The molecule has 2 aromatic carbocycles. The summed E-state index contributed by atoms with van der Waals surface area (Å²) in [5.74, 6) is -1.73. The van der Waals surface area contributed by atoms with Crippen molar-refractivity contribution in [3.05, 3.63) is 77.0 Å². The number of pyridine rings is 1. The molecule has 2 unspecified atom stereocenters. The normalized spacial score (nSPS) is 17.5. The average molecular weight is 477 g/mol. The fourth-order valence-electron chi connectivity index (χ4n) is 4.41. The first-order valence-corrected chi connectivity index (χ1v) is 11.5. The maximum Gasteiger partial charge on any atom is 0.407 e. The molecular weight excluding hydrogens is 448 g/mol. The van der Waals surface area contributed by atoms with Crippen LogP contribution in [0.5, 0.6) is 0 Å². The van der Waals surface area contributed by atoms with E-state index in [4.69, 9.17) is 10.2 Å². The second kappa shape index (κ2) is 10.1. The van der Waals surface area contributed by atoms with E-state index in [-0.39, 0.29) is 13.1 Å². The number of hydroxylamine groups is 1. The maximum absolute atomic E-state index is 12.8. The molecule has 182 valence electrons. The average Bonchev–Trinajstić information content (AvgIpc) is 3.28. The van der Waals surface area contributed by atoms with Crippen LogP contribution in [0.4, 0.5) is 4.79 Å². The molecule has 4 N–H and O–H groups in total. The van der Waals surface area contributed by atoms with E-state index in [1.165, 1.54) is 0 Å². The number of amides is 3. The quantitative estimate of drug-likeness (QED) is 0.319. The first-order valence-electron chi connectivity index (χ1n) is 11.5. The topological polar surface area (TPSA) is 132 Å². The largest absolute Gasteiger partial charge is 0.465 e. The van der Waals surface area contributed by atoms with Crippen molar-refractivity contribution in [2.45, 2.75) is 32.2 Å². The number of nitrogens with one attached hydrogen (secondary N) is 2. The Morgan fingerprint density at radius 1 is 1.09 bits per heavy atom. The zero-order valence-corrected chi connectivity index (χ0v) is 19.6. The van der Waals surface area contributed by atoms with Gasteiger partial charge in [-0.25, -0.2) is 10.3 Å². The number of para-hydroxylation sites is 1. The summed E-state index contributed by atoms with van der Waals surface area (Å²) in [6.45, 7) is 4.08. The van der Waals surface area contributed by atoms with Gasteiger partial charge in [-0.15, -0.1) is 0 Å². The summed E-state index contributed by atoms with van der Waals surface area (Å²) in [4.78, 5) is 41.9. The first-order chi connectivity index (χ1) is 16.8. The van der Waals surface area contributed by atoms with E-state index in [1.54, 1.807) is 17.6 Å². The Balaban J connectivity index is 1.50. The standard InChI is InChI=1S/C26H28N4O5/c1-15(2)22-12-18(19-5-3-4-6-21(19)27-22)11-16-7-9-17(10-8-16)24(31)28-23-14-30(26(33)34)13-20(23)25(32)29-35/h3-10,12,15,20,23,35H,11,13-14H2,1-2H3,(H,28,31)(H,29,32)(H,33,34). The van der Waals surface area contributed by atoms with Crippen molar-refractivity contribution in [1.82, 2.24) is 20.7 Å². The minimum absolute atomic E-state index is 0.0372. The van der Waals surface area contributed by atoms with Gasteiger partial charge in [0.25, 0.3) is 5.91 Å². The van der Waals surface area contributed by atoms with Gasteiger partial charge in [0.1, 0.15) is 0 Å². The third-order valence-electron chi connectivity index (χ3n) is 6.38. The lowest BCUT2D eigenvalue weighted by Crippen LogP contribution is -2.45. The van der Waals surface area contributed by atoms with Crippen LogP contribution in [0.1, 0.15) is 46.9 Å². The van der Waals surface area contributed by atoms with Crippen LogP contribution in [0.3, 0.4) is 0 Å². The molecule has 1 aliphatic heterocycles. The predicted molar refractivity (Wildman–Crippen MR) is 129 cm³/mol. The van der Waals surface area contributed by atoms with E-state index in [0.29, 0.717) is 17.9 Å². The van der Waals surface area contributed by atoms with E-state index in [9.17, 15) is 19.5 Å². The lowest BCUT2D eigenvalue weighted by molar-refractivity contribution is -0.133. The lowest BCUT2D eigenvalue weighted by atomic mass is 9.97. The summed E-state index contributed by atoms with van der Waals surface area (Å²) >= 11 is 0. The molecule has 0 radical (unpaired) electrons. The van der Waals surface area contributed by atoms with Crippen LogP contribution >= 0.6 is 0 Å². The third kappa shape index (κ3) is 5.25. The Kier molecular flexibility index (Phi) is 6.97. The molecule has 1 aromatic heterocycles. The minimum Gasteiger partial charge on any atom is -0.465 e. The highest BCUT2D eigenvalue weighted by molar-refractivity contribution is 5.95. The van der Waals surface area contributed by atoms with Crippen molar-refractivity contribution < 1.29 is 24.7 Å². The minimum atomic E-state index is -1.19. The van der Waals surface area contributed by atoms with Crippen molar-refractivity contribution in [3.63, 3.8) is 0 Å². The highest BCUT2D eigenvalue weighted by atomic mass is 16.5. The molecule has 0 bridgehead atoms. The number of benzene rings is 2. The number of hydrogen-bond acceptors (Lipinski definition) is 5. The molecule has 4 rings (SSSR count). The summed E-state index contributed by atoms with van der Waals surface area (Å²) < 4.78 is 0. The summed E-state index contributed by atoms with van der Waals surface area (Å²) in [6.07, 6.45) is -0.509. The molecule has 0 aliphatic carbocycles. The Hall–Kier alpha value is -3.98. The predicted octanol–water partition coefficient (Wildman–Crippen LogP) is 3.16. The van der Waals surface area contributed by atoms with Gasteiger partial charge in [0, 0.05) is 29.7 Å². The van der Waals surface area contributed by atoms with E-state index in [0.717, 1.165) is 32.6 Å². The number of hydrogen-bond donors (Lipinski definition) is 4. The number of carbonyl (C=O) groups is 3. The number of carbonyl (C=O) groups excluding carboxylic acids is 2. The maximum atomic E-state index is 12.8. The molecule has 2 atom stereocenters. The SMILES string of the molecule is CC(C)c1cc(Cc2ccc(C(=O)NC3CN(C(=O)O)CC3C(=O)NO)cc2)c2ccccc2n1. The van der Waals surface area contributed by atoms with Crippen molar-refractivity contribution in [1.29, 1.82) is 0 Å². The van der Waals surface area contributed by atoms with Crippen molar-refractivity contribution >= 4 is 28.8 Å². The van der Waals surface area contributed by atoms with Gasteiger partial charge in [-0.1, -0.05) is 44.2 Å². The number of likely N-dealkylation sites (tertiary alicyclic amines) is 1. The highest BCUT2D eigenvalue weighted by Crippen LogP contribution is 2.25. The molecule has 1 fully saturated rings. The van der Waals surface area contributed by atoms with Crippen molar-refractivity contribution in [2.75, 3.05) is 13.1 Å².